The van der Waals surface area contributed by atoms with Gasteiger partial charge in [-0.2, -0.15) is 0 Å². The van der Waals surface area contributed by atoms with Crippen LogP contribution in [-0.4, -0.2) is 23.2 Å². The van der Waals surface area contributed by atoms with Gasteiger partial charge in [-0.15, -0.1) is 0 Å². The van der Waals surface area contributed by atoms with E-state index in [0.717, 1.165) is 35.7 Å². The van der Waals surface area contributed by atoms with Gasteiger partial charge in [0, 0.05) is 11.0 Å². The van der Waals surface area contributed by atoms with Crippen molar-refractivity contribution < 1.29 is 9.90 Å². The standard InChI is InChI=1S/C14H18BrNO2/c1-10-5-4-6-11(12(10)15)13(17)16-9-14(18)7-2-3-8-14/h4-6,18H,2-3,7-9H2,1H3,(H,16,17). The van der Waals surface area contributed by atoms with E-state index in [1.54, 1.807) is 6.07 Å². The normalized spacial score (nSPS) is 17.7. The van der Waals surface area contributed by atoms with Crippen LogP contribution in [-0.2, 0) is 0 Å². The zero-order valence-electron chi connectivity index (χ0n) is 10.5. The van der Waals surface area contributed by atoms with Crippen molar-refractivity contribution in [3.63, 3.8) is 0 Å². The van der Waals surface area contributed by atoms with E-state index in [1.807, 2.05) is 19.1 Å². The largest absolute Gasteiger partial charge is 0.388 e. The number of hydrogen-bond acceptors (Lipinski definition) is 2. The summed E-state index contributed by atoms with van der Waals surface area (Å²) in [6.45, 7) is 2.29. The van der Waals surface area contributed by atoms with Crippen molar-refractivity contribution in [2.45, 2.75) is 38.2 Å². The number of aryl methyl sites for hydroxylation is 1. The molecule has 1 aromatic rings. The minimum atomic E-state index is -0.702. The Morgan fingerprint density at radius 1 is 1.44 bits per heavy atom. The summed E-state index contributed by atoms with van der Waals surface area (Å²) in [4.78, 5) is 12.1. The predicted molar refractivity (Wildman–Crippen MR) is 74.6 cm³/mol. The van der Waals surface area contributed by atoms with Crippen molar-refractivity contribution in [3.8, 4) is 0 Å². The lowest BCUT2D eigenvalue weighted by Gasteiger charge is -2.22. The van der Waals surface area contributed by atoms with E-state index in [1.165, 1.54) is 0 Å². The summed E-state index contributed by atoms with van der Waals surface area (Å²) >= 11 is 3.42. The molecule has 0 aliphatic heterocycles. The molecule has 1 amide bonds. The van der Waals surface area contributed by atoms with Crippen molar-refractivity contribution in [1.29, 1.82) is 0 Å². The molecule has 1 aliphatic rings. The minimum absolute atomic E-state index is 0.133. The Kier molecular flexibility index (Phi) is 4.07. The van der Waals surface area contributed by atoms with Crippen molar-refractivity contribution >= 4 is 21.8 Å². The maximum Gasteiger partial charge on any atom is 0.252 e. The SMILES string of the molecule is Cc1cccc(C(=O)NCC2(O)CCCC2)c1Br. The van der Waals surface area contributed by atoms with Gasteiger partial charge in [0.2, 0.25) is 0 Å². The van der Waals surface area contributed by atoms with Crippen molar-refractivity contribution in [1.82, 2.24) is 5.32 Å². The van der Waals surface area contributed by atoms with E-state index in [0.29, 0.717) is 12.1 Å². The molecule has 4 heteroatoms. The van der Waals surface area contributed by atoms with Crippen LogP contribution in [0.15, 0.2) is 22.7 Å². The number of carbonyl (C=O) groups is 1. The topological polar surface area (TPSA) is 49.3 Å². The summed E-state index contributed by atoms with van der Waals surface area (Å²) < 4.78 is 0.820. The number of hydrogen-bond donors (Lipinski definition) is 2. The lowest BCUT2D eigenvalue weighted by atomic mass is 10.0. The first-order chi connectivity index (χ1) is 8.52. The number of benzene rings is 1. The third-order valence-electron chi connectivity index (χ3n) is 3.55. The molecule has 1 aromatic carbocycles. The van der Waals surface area contributed by atoms with Crippen LogP contribution in [0.5, 0.6) is 0 Å². The Morgan fingerprint density at radius 3 is 2.78 bits per heavy atom. The average molecular weight is 312 g/mol. The van der Waals surface area contributed by atoms with E-state index >= 15 is 0 Å². The number of nitrogens with one attached hydrogen (secondary N) is 1. The number of aliphatic hydroxyl groups is 1. The maximum atomic E-state index is 12.1. The Bertz CT molecular complexity index is 453. The molecule has 0 spiro atoms. The van der Waals surface area contributed by atoms with Crippen LogP contribution < -0.4 is 5.32 Å². The second-order valence-electron chi connectivity index (χ2n) is 5.05. The molecule has 3 nitrogen and oxygen atoms in total. The Labute approximate surface area is 116 Å². The molecule has 2 rings (SSSR count). The first-order valence-corrected chi connectivity index (χ1v) is 7.07. The molecule has 0 bridgehead atoms. The fourth-order valence-corrected chi connectivity index (χ4v) is 2.82. The van der Waals surface area contributed by atoms with Gasteiger partial charge in [0.1, 0.15) is 0 Å². The van der Waals surface area contributed by atoms with Gasteiger partial charge in [-0.1, -0.05) is 25.0 Å². The summed E-state index contributed by atoms with van der Waals surface area (Å²) in [6, 6.07) is 5.59. The lowest BCUT2D eigenvalue weighted by Crippen LogP contribution is -2.40. The molecule has 0 saturated heterocycles. The second-order valence-corrected chi connectivity index (χ2v) is 5.84. The highest BCUT2D eigenvalue weighted by Gasteiger charge is 2.31. The van der Waals surface area contributed by atoms with Crippen LogP contribution in [0.3, 0.4) is 0 Å². The third-order valence-corrected chi connectivity index (χ3v) is 4.60. The number of carbonyl (C=O) groups excluding carboxylic acids is 1. The van der Waals surface area contributed by atoms with Crippen LogP contribution in [0.2, 0.25) is 0 Å². The first-order valence-electron chi connectivity index (χ1n) is 6.27. The first kappa shape index (κ1) is 13.6. The summed E-state index contributed by atoms with van der Waals surface area (Å²) in [5.41, 5.74) is 0.949. The van der Waals surface area contributed by atoms with Gasteiger partial charge in [0.25, 0.3) is 5.91 Å². The summed E-state index contributed by atoms with van der Waals surface area (Å²) in [5.74, 6) is -0.133. The van der Waals surface area contributed by atoms with Crippen LogP contribution in [0.4, 0.5) is 0 Å². The third kappa shape index (κ3) is 2.93. The van der Waals surface area contributed by atoms with Gasteiger partial charge in [0.15, 0.2) is 0 Å². The lowest BCUT2D eigenvalue weighted by molar-refractivity contribution is 0.0449. The van der Waals surface area contributed by atoms with E-state index in [2.05, 4.69) is 21.2 Å². The molecule has 2 N–H and O–H groups in total. The summed E-state index contributed by atoms with van der Waals surface area (Å²) in [7, 11) is 0. The van der Waals surface area contributed by atoms with E-state index in [4.69, 9.17) is 0 Å². The van der Waals surface area contributed by atoms with Crippen molar-refractivity contribution in [2.24, 2.45) is 0 Å². The molecule has 0 unspecified atom stereocenters. The molecule has 1 aliphatic carbocycles. The van der Waals surface area contributed by atoms with Crippen molar-refractivity contribution in [3.05, 3.63) is 33.8 Å². The molecule has 0 radical (unpaired) electrons. The molecular weight excluding hydrogens is 294 g/mol. The van der Waals surface area contributed by atoms with Gasteiger partial charge in [0.05, 0.1) is 11.2 Å². The Hall–Kier alpha value is -0.870. The van der Waals surface area contributed by atoms with Crippen LogP contribution in [0, 0.1) is 6.92 Å². The smallest absolute Gasteiger partial charge is 0.252 e. The molecule has 98 valence electrons. The van der Waals surface area contributed by atoms with Crippen molar-refractivity contribution in [2.75, 3.05) is 6.54 Å². The van der Waals surface area contributed by atoms with Crippen LogP contribution in [0.1, 0.15) is 41.6 Å². The van der Waals surface area contributed by atoms with E-state index in [9.17, 15) is 9.90 Å². The van der Waals surface area contributed by atoms with Gasteiger partial charge in [-0.3, -0.25) is 4.79 Å². The highest BCUT2D eigenvalue weighted by Crippen LogP contribution is 2.29. The zero-order valence-corrected chi connectivity index (χ0v) is 12.1. The number of amides is 1. The number of rotatable bonds is 3. The molecule has 1 saturated carbocycles. The molecule has 18 heavy (non-hydrogen) atoms. The van der Waals surface area contributed by atoms with E-state index in [-0.39, 0.29) is 5.91 Å². The highest BCUT2D eigenvalue weighted by atomic mass is 79.9. The second kappa shape index (κ2) is 5.41. The minimum Gasteiger partial charge on any atom is -0.388 e. The Morgan fingerprint density at radius 2 is 2.11 bits per heavy atom. The quantitative estimate of drug-likeness (QED) is 0.902. The van der Waals surface area contributed by atoms with E-state index < -0.39 is 5.60 Å². The van der Waals surface area contributed by atoms with Gasteiger partial charge in [-0.05, 0) is 47.3 Å². The highest BCUT2D eigenvalue weighted by molar-refractivity contribution is 9.10. The molecule has 0 heterocycles. The fraction of sp³-hybridized carbons (Fsp3) is 0.500. The molecular formula is C14H18BrNO2. The zero-order chi connectivity index (χ0) is 13.2. The molecule has 1 fully saturated rings. The summed E-state index contributed by atoms with van der Waals surface area (Å²) in [5, 5.41) is 13.0. The monoisotopic (exact) mass is 311 g/mol. The fourth-order valence-electron chi connectivity index (χ4n) is 2.37. The van der Waals surface area contributed by atoms with Crippen LogP contribution >= 0.6 is 15.9 Å². The Balaban J connectivity index is 2.01. The van der Waals surface area contributed by atoms with Gasteiger partial charge >= 0.3 is 0 Å². The number of halogens is 1. The van der Waals surface area contributed by atoms with Crippen LogP contribution in [0.25, 0.3) is 0 Å². The molecule has 0 atom stereocenters. The molecule has 0 aromatic heterocycles. The van der Waals surface area contributed by atoms with Gasteiger partial charge < -0.3 is 10.4 Å². The summed E-state index contributed by atoms with van der Waals surface area (Å²) in [6.07, 6.45) is 3.64. The maximum absolute atomic E-state index is 12.1. The predicted octanol–water partition coefficient (Wildman–Crippen LogP) is 2.79. The average Bonchev–Trinajstić information content (AvgIpc) is 2.77. The van der Waals surface area contributed by atoms with Gasteiger partial charge in [-0.25, -0.2) is 0 Å².